The number of rotatable bonds is 4. The quantitative estimate of drug-likeness (QED) is 0.753. The van der Waals surface area contributed by atoms with Crippen LogP contribution in [0.1, 0.15) is 19.8 Å². The summed E-state index contributed by atoms with van der Waals surface area (Å²) in [5.41, 5.74) is 6.33. The molecule has 0 unspecified atom stereocenters. The van der Waals surface area contributed by atoms with Crippen LogP contribution in [-0.2, 0) is 4.79 Å². The van der Waals surface area contributed by atoms with Gasteiger partial charge in [-0.2, -0.15) is 0 Å². The third kappa shape index (κ3) is 3.14. The Labute approximate surface area is 83.5 Å². The van der Waals surface area contributed by atoms with Crippen LogP contribution in [0, 0.1) is 0 Å². The fraction of sp³-hybridized carbons (Fsp3) is 0.400. The van der Waals surface area contributed by atoms with Gasteiger partial charge < -0.3 is 11.1 Å². The van der Waals surface area contributed by atoms with Gasteiger partial charge in [0.15, 0.2) is 0 Å². The second-order valence-corrected chi connectivity index (χ2v) is 3.13. The summed E-state index contributed by atoms with van der Waals surface area (Å²) in [4.78, 5) is 15.3. The van der Waals surface area contributed by atoms with Gasteiger partial charge in [0.1, 0.15) is 0 Å². The molecule has 0 aliphatic carbocycles. The molecule has 4 heteroatoms. The maximum Gasteiger partial charge on any atom is 0.241 e. The third-order valence-corrected chi connectivity index (χ3v) is 1.87. The average molecular weight is 193 g/mol. The number of anilines is 1. The summed E-state index contributed by atoms with van der Waals surface area (Å²) in [6.07, 6.45) is 4.85. The van der Waals surface area contributed by atoms with Gasteiger partial charge in [-0.1, -0.05) is 13.3 Å². The Morgan fingerprint density at radius 2 is 2.50 bits per heavy atom. The van der Waals surface area contributed by atoms with Gasteiger partial charge in [0.25, 0.3) is 0 Å². The fourth-order valence-corrected chi connectivity index (χ4v) is 1.11. The molecule has 0 saturated heterocycles. The lowest BCUT2D eigenvalue weighted by Gasteiger charge is -2.10. The monoisotopic (exact) mass is 193 g/mol. The van der Waals surface area contributed by atoms with E-state index in [0.717, 1.165) is 6.42 Å². The number of carbonyl (C=O) groups is 1. The Bertz CT molecular complexity index is 287. The van der Waals surface area contributed by atoms with Crippen LogP contribution in [0.3, 0.4) is 0 Å². The molecule has 0 aliphatic rings. The first-order valence-corrected chi connectivity index (χ1v) is 4.70. The topological polar surface area (TPSA) is 68.0 Å². The highest BCUT2D eigenvalue weighted by Gasteiger charge is 2.11. The van der Waals surface area contributed by atoms with Gasteiger partial charge in [0.2, 0.25) is 5.91 Å². The van der Waals surface area contributed by atoms with Gasteiger partial charge in [-0.05, 0) is 18.6 Å². The van der Waals surface area contributed by atoms with E-state index >= 15 is 0 Å². The van der Waals surface area contributed by atoms with Gasteiger partial charge in [-0.25, -0.2) is 0 Å². The summed E-state index contributed by atoms with van der Waals surface area (Å²) in [6, 6.07) is 3.12. The molecule has 1 rings (SSSR count). The molecule has 14 heavy (non-hydrogen) atoms. The lowest BCUT2D eigenvalue weighted by molar-refractivity contribution is -0.117. The molecule has 0 aromatic carbocycles. The van der Waals surface area contributed by atoms with E-state index in [1.54, 1.807) is 24.5 Å². The van der Waals surface area contributed by atoms with Crippen molar-refractivity contribution >= 4 is 11.6 Å². The highest BCUT2D eigenvalue weighted by molar-refractivity contribution is 5.94. The zero-order chi connectivity index (χ0) is 10.4. The minimum Gasteiger partial charge on any atom is -0.323 e. The summed E-state index contributed by atoms with van der Waals surface area (Å²) >= 11 is 0. The number of aromatic nitrogens is 1. The average Bonchev–Trinajstić information content (AvgIpc) is 2.19. The maximum atomic E-state index is 11.4. The van der Waals surface area contributed by atoms with Crippen LogP contribution in [0.5, 0.6) is 0 Å². The molecular formula is C10H15N3O. The van der Waals surface area contributed by atoms with Crippen LogP contribution in [0.15, 0.2) is 24.5 Å². The fourth-order valence-electron chi connectivity index (χ4n) is 1.11. The number of carbonyl (C=O) groups excluding carboxylic acids is 1. The second-order valence-electron chi connectivity index (χ2n) is 3.13. The first kappa shape index (κ1) is 10.7. The van der Waals surface area contributed by atoms with Crippen molar-refractivity contribution in [3.63, 3.8) is 0 Å². The summed E-state index contributed by atoms with van der Waals surface area (Å²) in [5.74, 6) is -0.153. The molecule has 1 heterocycles. The highest BCUT2D eigenvalue weighted by Crippen LogP contribution is 2.04. The number of nitrogens with two attached hydrogens (primary N) is 1. The molecule has 0 saturated carbocycles. The largest absolute Gasteiger partial charge is 0.323 e. The van der Waals surface area contributed by atoms with Crippen LogP contribution in [-0.4, -0.2) is 16.9 Å². The van der Waals surface area contributed by atoms with Gasteiger partial charge in [0.05, 0.1) is 17.9 Å². The van der Waals surface area contributed by atoms with Crippen molar-refractivity contribution in [3.8, 4) is 0 Å². The van der Waals surface area contributed by atoms with Crippen LogP contribution in [0.2, 0.25) is 0 Å². The molecule has 1 amide bonds. The smallest absolute Gasteiger partial charge is 0.241 e. The number of amides is 1. The molecule has 0 radical (unpaired) electrons. The second kappa shape index (κ2) is 5.34. The van der Waals surface area contributed by atoms with Gasteiger partial charge in [-0.15, -0.1) is 0 Å². The number of nitrogens with one attached hydrogen (secondary N) is 1. The lowest BCUT2D eigenvalue weighted by Crippen LogP contribution is -2.35. The van der Waals surface area contributed by atoms with Crippen LogP contribution in [0.4, 0.5) is 5.69 Å². The first-order chi connectivity index (χ1) is 6.74. The maximum absolute atomic E-state index is 11.4. The molecule has 4 nitrogen and oxygen atoms in total. The van der Waals surface area contributed by atoms with Crippen molar-refractivity contribution in [2.75, 3.05) is 5.32 Å². The van der Waals surface area contributed by atoms with Crippen LogP contribution >= 0.6 is 0 Å². The Morgan fingerprint density at radius 1 is 1.71 bits per heavy atom. The van der Waals surface area contributed by atoms with Crippen molar-refractivity contribution in [2.24, 2.45) is 5.73 Å². The predicted molar refractivity (Wildman–Crippen MR) is 55.8 cm³/mol. The van der Waals surface area contributed by atoms with E-state index in [-0.39, 0.29) is 5.91 Å². The molecule has 3 N–H and O–H groups in total. The summed E-state index contributed by atoms with van der Waals surface area (Å²) in [5, 5.41) is 2.70. The molecule has 0 aliphatic heterocycles. The molecular weight excluding hydrogens is 178 g/mol. The van der Waals surface area contributed by atoms with Crippen molar-refractivity contribution in [2.45, 2.75) is 25.8 Å². The first-order valence-electron chi connectivity index (χ1n) is 4.70. The van der Waals surface area contributed by atoms with Gasteiger partial charge >= 0.3 is 0 Å². The van der Waals surface area contributed by atoms with E-state index in [4.69, 9.17) is 5.73 Å². The zero-order valence-electron chi connectivity index (χ0n) is 8.23. The van der Waals surface area contributed by atoms with Gasteiger partial charge in [0, 0.05) is 6.20 Å². The lowest BCUT2D eigenvalue weighted by atomic mass is 10.1. The van der Waals surface area contributed by atoms with Crippen LogP contribution in [0.25, 0.3) is 0 Å². The summed E-state index contributed by atoms with van der Waals surface area (Å²) in [7, 11) is 0. The molecule has 0 spiro atoms. The van der Waals surface area contributed by atoms with E-state index in [1.807, 2.05) is 6.92 Å². The normalized spacial score (nSPS) is 12.1. The Kier molecular flexibility index (Phi) is 4.07. The molecule has 1 aromatic rings. The standard InChI is InChI=1S/C10H15N3O/c1-2-4-9(11)10(14)13-8-5-3-6-12-7-8/h3,5-7,9H,2,4,11H2,1H3,(H,13,14)/t9-/m1/s1. The van der Waals surface area contributed by atoms with E-state index < -0.39 is 6.04 Å². The summed E-state index contributed by atoms with van der Waals surface area (Å²) in [6.45, 7) is 2.00. The van der Waals surface area contributed by atoms with Gasteiger partial charge in [-0.3, -0.25) is 9.78 Å². The van der Waals surface area contributed by atoms with E-state index in [0.29, 0.717) is 12.1 Å². The highest BCUT2D eigenvalue weighted by atomic mass is 16.2. The van der Waals surface area contributed by atoms with Crippen molar-refractivity contribution in [1.29, 1.82) is 0 Å². The SMILES string of the molecule is CCC[C@@H](N)C(=O)Nc1cccnc1. The van der Waals surface area contributed by atoms with Crippen molar-refractivity contribution < 1.29 is 4.79 Å². The van der Waals surface area contributed by atoms with E-state index in [9.17, 15) is 4.79 Å². The Morgan fingerprint density at radius 3 is 3.07 bits per heavy atom. The molecule has 0 fully saturated rings. The van der Waals surface area contributed by atoms with Crippen molar-refractivity contribution in [1.82, 2.24) is 4.98 Å². The zero-order valence-corrected chi connectivity index (χ0v) is 8.23. The van der Waals surface area contributed by atoms with E-state index in [1.165, 1.54) is 0 Å². The van der Waals surface area contributed by atoms with Crippen molar-refractivity contribution in [3.05, 3.63) is 24.5 Å². The molecule has 1 atom stereocenters. The van der Waals surface area contributed by atoms with E-state index in [2.05, 4.69) is 10.3 Å². The molecule has 76 valence electrons. The number of nitrogens with zero attached hydrogens (tertiary/aromatic N) is 1. The minimum absolute atomic E-state index is 0.153. The molecule has 1 aromatic heterocycles. The Hall–Kier alpha value is -1.42. The third-order valence-electron chi connectivity index (χ3n) is 1.87. The predicted octanol–water partition coefficient (Wildman–Crippen LogP) is 1.15. The minimum atomic E-state index is -0.430. The molecule has 0 bridgehead atoms. The number of hydrogen-bond acceptors (Lipinski definition) is 3. The van der Waals surface area contributed by atoms with Crippen LogP contribution < -0.4 is 11.1 Å². The Balaban J connectivity index is 2.49. The number of hydrogen-bond donors (Lipinski definition) is 2. The summed E-state index contributed by atoms with van der Waals surface area (Å²) < 4.78 is 0. The number of pyridine rings is 1.